The average molecular weight is 441 g/mol. The summed E-state index contributed by atoms with van der Waals surface area (Å²) in [4.78, 5) is 16.5. The van der Waals surface area contributed by atoms with Crippen LogP contribution in [0.1, 0.15) is 27.0 Å². The Bertz CT molecular complexity index is 1210. The number of carbonyl (C=O) groups is 1. The molecule has 0 spiro atoms. The summed E-state index contributed by atoms with van der Waals surface area (Å²) in [5.74, 6) is 0.0959. The number of pyridine rings is 1. The zero-order valence-corrected chi connectivity index (χ0v) is 18.6. The second-order valence-corrected chi connectivity index (χ2v) is 8.86. The molecule has 0 aliphatic rings. The molecule has 1 heterocycles. The lowest BCUT2D eigenvalue weighted by Gasteiger charge is -2.16. The van der Waals surface area contributed by atoms with Crippen LogP contribution in [0, 0.1) is 13.8 Å². The summed E-state index contributed by atoms with van der Waals surface area (Å²) in [5.41, 5.74) is 3.24. The van der Waals surface area contributed by atoms with E-state index in [0.29, 0.717) is 22.6 Å². The molecule has 3 aromatic rings. The summed E-state index contributed by atoms with van der Waals surface area (Å²) in [6.07, 6.45) is 1.44. The van der Waals surface area contributed by atoms with E-state index in [1.54, 1.807) is 30.3 Å². The molecule has 7 nitrogen and oxygen atoms in total. The minimum absolute atomic E-state index is 0.0444. The predicted octanol–water partition coefficient (Wildman–Crippen LogP) is 3.94. The third-order valence-corrected chi connectivity index (χ3v) is 6.58. The third kappa shape index (κ3) is 4.69. The minimum Gasteiger partial charge on any atom is -0.497 e. The average Bonchev–Trinajstić information content (AvgIpc) is 2.77. The van der Waals surface area contributed by atoms with Gasteiger partial charge in [0.2, 0.25) is 9.84 Å². The number of hydrogen-bond acceptors (Lipinski definition) is 7. The van der Waals surface area contributed by atoms with Crippen molar-refractivity contribution in [2.24, 2.45) is 0 Å². The summed E-state index contributed by atoms with van der Waals surface area (Å²) in [6.45, 7) is 3.93. The van der Waals surface area contributed by atoms with Gasteiger partial charge in [-0.2, -0.15) is 0 Å². The van der Waals surface area contributed by atoms with E-state index >= 15 is 0 Å². The van der Waals surface area contributed by atoms with Crippen LogP contribution in [0.4, 0.5) is 5.69 Å². The first kappa shape index (κ1) is 22.3. The summed E-state index contributed by atoms with van der Waals surface area (Å²) < 4.78 is 36.4. The largest absolute Gasteiger partial charge is 0.497 e. The smallest absolute Gasteiger partial charge is 0.339 e. The molecule has 2 aromatic carbocycles. The van der Waals surface area contributed by atoms with Crippen molar-refractivity contribution in [3.05, 3.63) is 77.0 Å². The maximum Gasteiger partial charge on any atom is 0.339 e. The van der Waals surface area contributed by atoms with Crippen LogP contribution in [-0.4, -0.2) is 33.6 Å². The van der Waals surface area contributed by atoms with Crippen LogP contribution in [0.2, 0.25) is 0 Å². The second-order valence-electron chi connectivity index (χ2n) is 7.00. The zero-order chi connectivity index (χ0) is 22.6. The van der Waals surface area contributed by atoms with E-state index in [2.05, 4.69) is 10.3 Å². The molecule has 8 heteroatoms. The van der Waals surface area contributed by atoms with Gasteiger partial charge in [-0.1, -0.05) is 12.1 Å². The second kappa shape index (κ2) is 9.18. The Morgan fingerprint density at radius 3 is 2.42 bits per heavy atom. The number of ether oxygens (including phenoxy) is 2. The van der Waals surface area contributed by atoms with Crippen molar-refractivity contribution in [2.45, 2.75) is 30.3 Å². The molecule has 0 amide bonds. The fraction of sp³-hybridized carbons (Fsp3) is 0.217. The van der Waals surface area contributed by atoms with Gasteiger partial charge in [0, 0.05) is 18.3 Å². The number of sulfone groups is 1. The normalized spacial score (nSPS) is 11.1. The monoisotopic (exact) mass is 440 g/mol. The van der Waals surface area contributed by atoms with Gasteiger partial charge in [0.1, 0.15) is 5.75 Å². The first-order chi connectivity index (χ1) is 14.8. The van der Waals surface area contributed by atoms with Crippen LogP contribution >= 0.6 is 0 Å². The Morgan fingerprint density at radius 2 is 1.77 bits per heavy atom. The standard InChI is InChI=1S/C23H24N2O5S/c1-15-12-16(2)21(20(13-15)23(26)30-4)25-14-17-6-5-11-24-22(17)31(27,28)19-9-7-18(29-3)8-10-19/h5-13,25H,14H2,1-4H3. The number of aromatic nitrogens is 1. The molecule has 0 atom stereocenters. The highest BCUT2D eigenvalue weighted by atomic mass is 32.2. The molecule has 0 aliphatic heterocycles. The maximum atomic E-state index is 13.2. The van der Waals surface area contributed by atoms with E-state index in [0.717, 1.165) is 11.1 Å². The van der Waals surface area contributed by atoms with E-state index in [4.69, 9.17) is 9.47 Å². The molecule has 0 saturated heterocycles. The molecule has 0 saturated carbocycles. The number of carbonyl (C=O) groups excluding carboxylic acids is 1. The van der Waals surface area contributed by atoms with Crippen LogP contribution in [0.15, 0.2) is 64.6 Å². The minimum atomic E-state index is -3.85. The topological polar surface area (TPSA) is 94.6 Å². The summed E-state index contributed by atoms with van der Waals surface area (Å²) >= 11 is 0. The van der Waals surface area contributed by atoms with Crippen LogP contribution in [0.25, 0.3) is 0 Å². The molecule has 1 N–H and O–H groups in total. The van der Waals surface area contributed by atoms with Gasteiger partial charge < -0.3 is 14.8 Å². The van der Waals surface area contributed by atoms with Crippen molar-refractivity contribution in [3.63, 3.8) is 0 Å². The number of anilines is 1. The number of nitrogens with one attached hydrogen (secondary N) is 1. The van der Waals surface area contributed by atoms with Crippen molar-refractivity contribution < 1.29 is 22.7 Å². The highest BCUT2D eigenvalue weighted by Gasteiger charge is 2.23. The van der Waals surface area contributed by atoms with Gasteiger partial charge in [-0.05, 0) is 61.4 Å². The van der Waals surface area contributed by atoms with Gasteiger partial charge in [-0.25, -0.2) is 18.2 Å². The van der Waals surface area contributed by atoms with Crippen LogP contribution in [0.5, 0.6) is 5.75 Å². The molecule has 0 radical (unpaired) electrons. The summed E-state index contributed by atoms with van der Waals surface area (Å²) in [5, 5.41) is 3.15. The van der Waals surface area contributed by atoms with E-state index < -0.39 is 15.8 Å². The van der Waals surface area contributed by atoms with Gasteiger partial charge in [0.15, 0.2) is 5.03 Å². The highest BCUT2D eigenvalue weighted by molar-refractivity contribution is 7.91. The van der Waals surface area contributed by atoms with Gasteiger partial charge in [0.25, 0.3) is 0 Å². The van der Waals surface area contributed by atoms with Crippen LogP contribution in [0.3, 0.4) is 0 Å². The molecular formula is C23H24N2O5S. The molecule has 3 rings (SSSR count). The lowest BCUT2D eigenvalue weighted by atomic mass is 10.0. The number of methoxy groups -OCH3 is 2. The first-order valence-corrected chi connectivity index (χ1v) is 11.0. The molecule has 0 unspecified atom stereocenters. The fourth-order valence-electron chi connectivity index (χ4n) is 3.32. The molecular weight excluding hydrogens is 416 g/mol. The number of nitrogens with zero attached hydrogens (tertiary/aromatic N) is 1. The number of esters is 1. The molecule has 162 valence electrons. The number of rotatable bonds is 7. The quantitative estimate of drug-likeness (QED) is 0.556. The van der Waals surface area contributed by atoms with E-state index in [9.17, 15) is 13.2 Å². The fourth-order valence-corrected chi connectivity index (χ4v) is 4.73. The first-order valence-electron chi connectivity index (χ1n) is 9.54. The highest BCUT2D eigenvalue weighted by Crippen LogP contribution is 2.27. The zero-order valence-electron chi connectivity index (χ0n) is 17.8. The Kier molecular flexibility index (Phi) is 6.60. The molecule has 0 fully saturated rings. The van der Waals surface area contributed by atoms with Crippen molar-refractivity contribution in [1.29, 1.82) is 0 Å². The van der Waals surface area contributed by atoms with Gasteiger partial charge in [0.05, 0.1) is 30.4 Å². The molecule has 1 aromatic heterocycles. The van der Waals surface area contributed by atoms with Gasteiger partial charge in [-0.15, -0.1) is 0 Å². The van der Waals surface area contributed by atoms with E-state index in [-0.39, 0.29) is 16.5 Å². The van der Waals surface area contributed by atoms with Crippen molar-refractivity contribution in [3.8, 4) is 5.75 Å². The Balaban J connectivity index is 1.96. The van der Waals surface area contributed by atoms with E-state index in [1.807, 2.05) is 19.9 Å². The molecule has 0 bridgehead atoms. The number of hydrogen-bond donors (Lipinski definition) is 1. The molecule has 31 heavy (non-hydrogen) atoms. The maximum absolute atomic E-state index is 13.2. The SMILES string of the molecule is COC(=O)c1cc(C)cc(C)c1NCc1cccnc1S(=O)(=O)c1ccc(OC)cc1. The summed E-state index contributed by atoms with van der Waals surface area (Å²) in [7, 11) is -1.01. The third-order valence-electron chi connectivity index (χ3n) is 4.82. The van der Waals surface area contributed by atoms with Gasteiger partial charge >= 0.3 is 5.97 Å². The summed E-state index contributed by atoms with van der Waals surface area (Å²) in [6, 6.07) is 13.2. The van der Waals surface area contributed by atoms with Crippen LogP contribution < -0.4 is 10.1 Å². The van der Waals surface area contributed by atoms with Crippen molar-refractivity contribution >= 4 is 21.5 Å². The Labute approximate surface area is 182 Å². The predicted molar refractivity (Wildman–Crippen MR) is 117 cm³/mol. The Hall–Kier alpha value is -3.39. The lowest BCUT2D eigenvalue weighted by molar-refractivity contribution is 0.0601. The van der Waals surface area contributed by atoms with Crippen molar-refractivity contribution in [2.75, 3.05) is 19.5 Å². The number of aryl methyl sites for hydroxylation is 2. The molecule has 0 aliphatic carbocycles. The van der Waals surface area contributed by atoms with Gasteiger partial charge in [-0.3, -0.25) is 0 Å². The number of benzene rings is 2. The van der Waals surface area contributed by atoms with Crippen molar-refractivity contribution in [1.82, 2.24) is 4.98 Å². The van der Waals surface area contributed by atoms with Crippen LogP contribution in [-0.2, 0) is 21.1 Å². The van der Waals surface area contributed by atoms with E-state index in [1.165, 1.54) is 32.5 Å². The lowest BCUT2D eigenvalue weighted by Crippen LogP contribution is -2.13. The Morgan fingerprint density at radius 1 is 1.06 bits per heavy atom.